The monoisotopic (exact) mass is 633 g/mol. The van der Waals surface area contributed by atoms with Crippen LogP contribution in [0.1, 0.15) is 16.9 Å². The highest BCUT2D eigenvalue weighted by atomic mass is 32.2. The fourth-order valence-corrected chi connectivity index (χ4v) is 5.38. The maximum atomic E-state index is 14.0. The molecule has 224 valence electrons. The Morgan fingerprint density at radius 3 is 2.45 bits per heavy atom. The number of rotatable bonds is 10. The molecule has 11 nitrogen and oxygen atoms in total. The van der Waals surface area contributed by atoms with Crippen LogP contribution in [-0.4, -0.2) is 43.1 Å². The Hall–Kier alpha value is -5.05. The Morgan fingerprint density at radius 1 is 1.02 bits per heavy atom. The van der Waals surface area contributed by atoms with E-state index in [-0.39, 0.29) is 34.7 Å². The molecule has 0 saturated carbocycles. The maximum absolute atomic E-state index is 14.0. The Balaban J connectivity index is 1.32. The zero-order valence-corrected chi connectivity index (χ0v) is 24.4. The quantitative estimate of drug-likeness (QED) is 0.147. The van der Waals surface area contributed by atoms with E-state index in [4.69, 9.17) is 14.3 Å². The summed E-state index contributed by atoms with van der Waals surface area (Å²) in [5.74, 6) is -0.436. The lowest BCUT2D eigenvalue weighted by Crippen LogP contribution is -2.28. The van der Waals surface area contributed by atoms with Crippen molar-refractivity contribution in [2.75, 3.05) is 11.9 Å². The van der Waals surface area contributed by atoms with Crippen molar-refractivity contribution in [1.82, 2.24) is 4.90 Å². The fourth-order valence-electron chi connectivity index (χ4n) is 3.94. The van der Waals surface area contributed by atoms with Crippen molar-refractivity contribution < 1.29 is 31.6 Å². The van der Waals surface area contributed by atoms with E-state index in [0.29, 0.717) is 27.7 Å². The Kier molecular flexibility index (Phi) is 9.33. The molecule has 1 aliphatic rings. The second-order valence-electron chi connectivity index (χ2n) is 9.17. The molecule has 5 rings (SSSR count). The predicted molar refractivity (Wildman–Crippen MR) is 165 cm³/mol. The first-order chi connectivity index (χ1) is 21.2. The van der Waals surface area contributed by atoms with Crippen molar-refractivity contribution in [2.45, 2.75) is 11.4 Å². The molecule has 3 aromatic carbocycles. The number of furan rings is 1. The number of sulfonamides is 1. The van der Waals surface area contributed by atoms with Gasteiger partial charge in [0.25, 0.3) is 11.8 Å². The van der Waals surface area contributed by atoms with E-state index in [9.17, 15) is 22.4 Å². The number of thioether (sulfide) groups is 1. The van der Waals surface area contributed by atoms with Crippen molar-refractivity contribution in [3.8, 4) is 5.75 Å². The lowest BCUT2D eigenvalue weighted by atomic mass is 10.2. The number of para-hydroxylation sites is 1. The number of primary sulfonamides is 1. The molecule has 1 fully saturated rings. The van der Waals surface area contributed by atoms with Crippen LogP contribution in [0.25, 0.3) is 6.08 Å². The first-order valence-corrected chi connectivity index (χ1v) is 15.3. The van der Waals surface area contributed by atoms with Gasteiger partial charge in [-0.25, -0.2) is 17.9 Å². The molecular formula is C30H24FN5O6S2. The Labute approximate surface area is 256 Å². The van der Waals surface area contributed by atoms with Gasteiger partial charge in [0.05, 0.1) is 28.8 Å². The number of halogens is 1. The molecule has 0 atom stereocenters. The third-order valence-corrected chi connectivity index (χ3v) is 7.98. The molecule has 4 aromatic rings. The minimum Gasteiger partial charge on any atom is -0.483 e. The molecular weight excluding hydrogens is 609 g/mol. The molecule has 14 heteroatoms. The standard InChI is InChI=1S/C30H24FN5O6S2/c31-25-9-3-1-7-21(25)17-33-35-30-36(18-23-8-5-15-41-23)29(38)27(43-30)16-20-6-2-4-10-26(20)42-19-28(37)34-22-11-13-24(14-12-22)44(32,39)40/h1-17H,18-19H2,(H,34,37)(H2,32,39,40)/b27-16-,33-17+,35-30-. The maximum Gasteiger partial charge on any atom is 0.267 e. The molecule has 44 heavy (non-hydrogen) atoms. The summed E-state index contributed by atoms with van der Waals surface area (Å²) < 4.78 is 48.0. The van der Waals surface area contributed by atoms with E-state index >= 15 is 0 Å². The molecule has 1 aliphatic heterocycles. The highest BCUT2D eigenvalue weighted by Gasteiger charge is 2.34. The Morgan fingerprint density at radius 2 is 1.75 bits per heavy atom. The summed E-state index contributed by atoms with van der Waals surface area (Å²) >= 11 is 1.07. The number of nitrogens with one attached hydrogen (secondary N) is 1. The van der Waals surface area contributed by atoms with E-state index in [1.807, 2.05) is 0 Å². The third kappa shape index (κ3) is 7.66. The van der Waals surface area contributed by atoms with Crippen LogP contribution in [0, 0.1) is 5.82 Å². The van der Waals surface area contributed by atoms with Gasteiger partial charge < -0.3 is 14.5 Å². The van der Waals surface area contributed by atoms with Crippen molar-refractivity contribution in [3.63, 3.8) is 0 Å². The van der Waals surface area contributed by atoms with E-state index in [0.717, 1.165) is 11.8 Å². The summed E-state index contributed by atoms with van der Waals surface area (Å²) in [6.45, 7) is -0.263. The van der Waals surface area contributed by atoms with Gasteiger partial charge in [-0.15, -0.1) is 5.10 Å². The van der Waals surface area contributed by atoms with Crippen LogP contribution in [0.15, 0.2) is 116 Å². The lowest BCUT2D eigenvalue weighted by Gasteiger charge is -2.12. The van der Waals surface area contributed by atoms with E-state index < -0.39 is 21.7 Å². The number of nitrogens with zero attached hydrogens (tertiary/aromatic N) is 3. The van der Waals surface area contributed by atoms with Crippen LogP contribution in [0.3, 0.4) is 0 Å². The number of hydrogen-bond acceptors (Lipinski definition) is 9. The number of nitrogens with two attached hydrogens (primary N) is 1. The van der Waals surface area contributed by atoms with E-state index in [1.54, 1.807) is 60.7 Å². The van der Waals surface area contributed by atoms with Gasteiger partial charge in [0.15, 0.2) is 11.8 Å². The van der Waals surface area contributed by atoms with Crippen LogP contribution >= 0.6 is 11.8 Å². The average molecular weight is 634 g/mol. The van der Waals surface area contributed by atoms with Gasteiger partial charge in [-0.3, -0.25) is 14.5 Å². The van der Waals surface area contributed by atoms with Crippen LogP contribution in [-0.2, 0) is 26.2 Å². The van der Waals surface area contributed by atoms with Gasteiger partial charge in [-0.1, -0.05) is 36.4 Å². The van der Waals surface area contributed by atoms with Gasteiger partial charge >= 0.3 is 0 Å². The molecule has 0 aliphatic carbocycles. The minimum atomic E-state index is -3.86. The highest BCUT2D eigenvalue weighted by Crippen LogP contribution is 2.35. The second-order valence-corrected chi connectivity index (χ2v) is 11.7. The van der Waals surface area contributed by atoms with Gasteiger partial charge in [0.2, 0.25) is 10.0 Å². The van der Waals surface area contributed by atoms with Crippen LogP contribution in [0.4, 0.5) is 10.1 Å². The normalized spacial score (nSPS) is 15.4. The number of anilines is 1. The lowest BCUT2D eigenvalue weighted by molar-refractivity contribution is -0.122. The molecule has 1 saturated heterocycles. The van der Waals surface area contributed by atoms with Gasteiger partial charge in [-0.05, 0) is 66.4 Å². The number of carbonyl (C=O) groups excluding carboxylic acids is 2. The summed E-state index contributed by atoms with van der Waals surface area (Å²) in [4.78, 5) is 27.6. The van der Waals surface area contributed by atoms with Crippen molar-refractivity contribution in [1.29, 1.82) is 0 Å². The molecule has 0 unspecified atom stereocenters. The molecule has 2 heterocycles. The van der Waals surface area contributed by atoms with E-state index in [2.05, 4.69) is 15.5 Å². The molecule has 2 amide bonds. The first-order valence-electron chi connectivity index (χ1n) is 12.9. The van der Waals surface area contributed by atoms with Gasteiger partial charge in [0.1, 0.15) is 17.3 Å². The van der Waals surface area contributed by atoms with Crippen molar-refractivity contribution >= 4 is 56.7 Å². The van der Waals surface area contributed by atoms with Gasteiger partial charge in [0, 0.05) is 16.8 Å². The molecule has 1 aromatic heterocycles. The number of carbonyl (C=O) groups is 2. The summed E-state index contributed by atoms with van der Waals surface area (Å²) in [6.07, 6.45) is 4.38. The second kappa shape index (κ2) is 13.5. The van der Waals surface area contributed by atoms with Crippen molar-refractivity contribution in [3.05, 3.63) is 119 Å². The zero-order chi connectivity index (χ0) is 31.1. The van der Waals surface area contributed by atoms with Crippen LogP contribution in [0.2, 0.25) is 0 Å². The summed E-state index contributed by atoms with van der Waals surface area (Å²) in [6, 6.07) is 21.8. The number of amides is 2. The molecule has 0 spiro atoms. The number of amidine groups is 1. The van der Waals surface area contributed by atoms with E-state index in [1.165, 1.54) is 47.7 Å². The smallest absolute Gasteiger partial charge is 0.267 e. The molecule has 0 radical (unpaired) electrons. The number of hydrogen-bond donors (Lipinski definition) is 2. The highest BCUT2D eigenvalue weighted by molar-refractivity contribution is 8.18. The SMILES string of the molecule is NS(=O)(=O)c1ccc(NC(=O)COc2ccccc2/C=C2\S/C(=N\N=C\c3ccccc3F)N(Cc3ccco3)C2=O)cc1. The first kappa shape index (κ1) is 30.4. The zero-order valence-electron chi connectivity index (χ0n) is 22.8. The minimum absolute atomic E-state index is 0.0825. The average Bonchev–Trinajstić information content (AvgIpc) is 3.62. The predicted octanol–water partition coefficient (Wildman–Crippen LogP) is 4.59. The Bertz CT molecular complexity index is 1870. The third-order valence-electron chi connectivity index (χ3n) is 6.06. The summed E-state index contributed by atoms with van der Waals surface area (Å²) in [7, 11) is -3.86. The van der Waals surface area contributed by atoms with Crippen molar-refractivity contribution in [2.24, 2.45) is 15.3 Å². The fraction of sp³-hybridized carbons (Fsp3) is 0.0667. The van der Waals surface area contributed by atoms with Crippen LogP contribution < -0.4 is 15.2 Å². The largest absolute Gasteiger partial charge is 0.483 e. The van der Waals surface area contributed by atoms with Crippen LogP contribution in [0.5, 0.6) is 5.75 Å². The van der Waals surface area contributed by atoms with Gasteiger partial charge in [-0.2, -0.15) is 5.10 Å². The topological polar surface area (TPSA) is 157 Å². The number of ether oxygens (including phenoxy) is 1. The summed E-state index contributed by atoms with van der Waals surface area (Å²) in [5, 5.41) is 16.2. The summed E-state index contributed by atoms with van der Waals surface area (Å²) in [5.41, 5.74) is 1.13. The molecule has 3 N–H and O–H groups in total. The number of benzene rings is 3. The molecule has 0 bridgehead atoms.